The summed E-state index contributed by atoms with van der Waals surface area (Å²) in [5.74, 6) is 0.841. The lowest BCUT2D eigenvalue weighted by molar-refractivity contribution is 0.310. The Balaban J connectivity index is 2.54. The minimum atomic E-state index is -3.76. The maximum atomic E-state index is 13.0. The summed E-state index contributed by atoms with van der Waals surface area (Å²) in [6, 6.07) is 2.90. The molecule has 0 radical (unpaired) electrons. The Hall–Kier alpha value is -1.51. The number of benzene rings is 1. The molecule has 1 aromatic rings. The largest absolute Gasteiger partial charge is 0.496 e. The van der Waals surface area contributed by atoms with Gasteiger partial charge in [0, 0.05) is 31.3 Å². The van der Waals surface area contributed by atoms with E-state index in [1.54, 1.807) is 0 Å². The fourth-order valence-electron chi connectivity index (χ4n) is 2.55. The molecule has 0 amide bonds. The van der Waals surface area contributed by atoms with Crippen molar-refractivity contribution in [1.82, 2.24) is 4.31 Å². The van der Waals surface area contributed by atoms with Gasteiger partial charge in [0.2, 0.25) is 0 Å². The highest BCUT2D eigenvalue weighted by atomic mass is 32.2. The number of ether oxygens (including phenoxy) is 3. The van der Waals surface area contributed by atoms with E-state index >= 15 is 0 Å². The fourth-order valence-corrected chi connectivity index (χ4v) is 4.36. The molecular weight excluding hydrogens is 308 g/mol. The summed E-state index contributed by atoms with van der Waals surface area (Å²) in [6.07, 6.45) is 1.56. The maximum Gasteiger partial charge on any atom is 0.250 e. The average molecular weight is 330 g/mol. The zero-order valence-corrected chi connectivity index (χ0v) is 13.9. The molecular formula is C14H22N2O5S. The van der Waals surface area contributed by atoms with Crippen molar-refractivity contribution in [2.45, 2.75) is 23.8 Å². The summed E-state index contributed by atoms with van der Waals surface area (Å²) >= 11 is 0. The number of nitrogens with two attached hydrogens (primary N) is 1. The molecule has 2 N–H and O–H groups in total. The van der Waals surface area contributed by atoms with Gasteiger partial charge in [0.05, 0.1) is 21.3 Å². The van der Waals surface area contributed by atoms with Crippen LogP contribution in [0, 0.1) is 0 Å². The highest BCUT2D eigenvalue weighted by molar-refractivity contribution is 7.89. The van der Waals surface area contributed by atoms with Crippen molar-refractivity contribution in [3.63, 3.8) is 0 Å². The topological polar surface area (TPSA) is 91.1 Å². The fraction of sp³-hybridized carbons (Fsp3) is 0.571. The van der Waals surface area contributed by atoms with Gasteiger partial charge in [0.15, 0.2) is 4.90 Å². The lowest BCUT2D eigenvalue weighted by atomic mass is 10.1. The Morgan fingerprint density at radius 1 is 1.14 bits per heavy atom. The maximum absolute atomic E-state index is 13.0. The molecule has 1 aromatic carbocycles. The molecule has 1 heterocycles. The molecule has 1 aliphatic rings. The number of sulfonamides is 1. The predicted octanol–water partition coefficient (Wildman–Crippen LogP) is 0.824. The quantitative estimate of drug-likeness (QED) is 0.860. The molecule has 0 unspecified atom stereocenters. The van der Waals surface area contributed by atoms with Crippen LogP contribution in [0.5, 0.6) is 17.2 Å². The van der Waals surface area contributed by atoms with Crippen LogP contribution in [0.4, 0.5) is 0 Å². The van der Waals surface area contributed by atoms with E-state index in [9.17, 15) is 8.42 Å². The zero-order chi connectivity index (χ0) is 16.3. The van der Waals surface area contributed by atoms with E-state index in [1.165, 1.54) is 37.8 Å². The molecule has 0 aliphatic carbocycles. The molecule has 0 spiro atoms. The van der Waals surface area contributed by atoms with Gasteiger partial charge in [-0.15, -0.1) is 0 Å². The molecule has 0 aromatic heterocycles. The lowest BCUT2D eigenvalue weighted by Gasteiger charge is -2.30. The SMILES string of the molecule is COc1cc(OC)c(S(=O)(=O)N2CCC[C@@H](N)C2)c(OC)c1. The summed E-state index contributed by atoms with van der Waals surface area (Å²) in [5, 5.41) is 0. The van der Waals surface area contributed by atoms with E-state index in [2.05, 4.69) is 0 Å². The van der Waals surface area contributed by atoms with Gasteiger partial charge < -0.3 is 19.9 Å². The van der Waals surface area contributed by atoms with Crippen LogP contribution in [0.1, 0.15) is 12.8 Å². The van der Waals surface area contributed by atoms with Gasteiger partial charge >= 0.3 is 0 Å². The highest BCUT2D eigenvalue weighted by Gasteiger charge is 2.34. The molecule has 22 heavy (non-hydrogen) atoms. The predicted molar refractivity (Wildman–Crippen MR) is 82.1 cm³/mol. The molecule has 1 atom stereocenters. The van der Waals surface area contributed by atoms with Gasteiger partial charge in [-0.05, 0) is 12.8 Å². The van der Waals surface area contributed by atoms with Crippen LogP contribution in [0.15, 0.2) is 17.0 Å². The second kappa shape index (κ2) is 6.72. The summed E-state index contributed by atoms with van der Waals surface area (Å²) in [6.45, 7) is 0.731. The first-order chi connectivity index (χ1) is 10.4. The van der Waals surface area contributed by atoms with E-state index in [1.807, 2.05) is 0 Å². The van der Waals surface area contributed by atoms with Crippen LogP contribution < -0.4 is 19.9 Å². The van der Waals surface area contributed by atoms with E-state index in [-0.39, 0.29) is 22.4 Å². The smallest absolute Gasteiger partial charge is 0.250 e. The summed E-state index contributed by atoms with van der Waals surface area (Å²) in [5.41, 5.74) is 5.90. The number of nitrogens with zero attached hydrogens (tertiary/aromatic N) is 1. The third-order valence-corrected chi connectivity index (χ3v) is 5.62. The van der Waals surface area contributed by atoms with Crippen molar-refractivity contribution in [1.29, 1.82) is 0 Å². The number of rotatable bonds is 5. The minimum Gasteiger partial charge on any atom is -0.496 e. The molecule has 7 nitrogen and oxygen atoms in total. The Labute approximate surface area is 131 Å². The van der Waals surface area contributed by atoms with E-state index in [4.69, 9.17) is 19.9 Å². The highest BCUT2D eigenvalue weighted by Crippen LogP contribution is 2.39. The molecule has 0 saturated carbocycles. The van der Waals surface area contributed by atoms with Crippen LogP contribution in [0.3, 0.4) is 0 Å². The van der Waals surface area contributed by atoms with Crippen LogP contribution in [-0.4, -0.2) is 53.2 Å². The molecule has 2 rings (SSSR count). The number of methoxy groups -OCH3 is 3. The molecule has 1 aliphatic heterocycles. The summed E-state index contributed by atoms with van der Waals surface area (Å²) in [7, 11) is 0.558. The van der Waals surface area contributed by atoms with Crippen LogP contribution >= 0.6 is 0 Å². The zero-order valence-electron chi connectivity index (χ0n) is 13.0. The van der Waals surface area contributed by atoms with E-state index in [0.717, 1.165) is 12.8 Å². The lowest BCUT2D eigenvalue weighted by Crippen LogP contribution is -2.45. The van der Waals surface area contributed by atoms with Crippen molar-refractivity contribution in [2.75, 3.05) is 34.4 Å². The Morgan fingerprint density at radius 3 is 2.18 bits per heavy atom. The van der Waals surface area contributed by atoms with Gasteiger partial charge in [0.1, 0.15) is 17.2 Å². The first-order valence-electron chi connectivity index (χ1n) is 6.99. The standard InChI is InChI=1S/C14H22N2O5S/c1-19-11-7-12(20-2)14(13(8-11)21-3)22(17,18)16-6-4-5-10(15)9-16/h7-8,10H,4-6,9,15H2,1-3H3/t10-/m1/s1. The average Bonchev–Trinajstić information content (AvgIpc) is 2.53. The van der Waals surface area contributed by atoms with Crippen LogP contribution in [0.25, 0.3) is 0 Å². The van der Waals surface area contributed by atoms with Crippen molar-refractivity contribution in [3.05, 3.63) is 12.1 Å². The number of hydrogen-bond acceptors (Lipinski definition) is 6. The van der Waals surface area contributed by atoms with E-state index < -0.39 is 10.0 Å². The second-order valence-corrected chi connectivity index (χ2v) is 7.00. The van der Waals surface area contributed by atoms with Crippen molar-refractivity contribution in [2.24, 2.45) is 5.73 Å². The minimum absolute atomic E-state index is 0.00685. The Kier molecular flexibility index (Phi) is 5.15. The Morgan fingerprint density at radius 2 is 1.73 bits per heavy atom. The van der Waals surface area contributed by atoms with Crippen LogP contribution in [0.2, 0.25) is 0 Å². The van der Waals surface area contributed by atoms with E-state index in [0.29, 0.717) is 18.8 Å². The third kappa shape index (κ3) is 3.13. The molecule has 1 fully saturated rings. The third-order valence-electron chi connectivity index (χ3n) is 3.69. The van der Waals surface area contributed by atoms with Crippen molar-refractivity contribution >= 4 is 10.0 Å². The first kappa shape index (κ1) is 16.9. The Bertz CT molecular complexity index is 607. The second-order valence-electron chi connectivity index (χ2n) is 5.13. The van der Waals surface area contributed by atoms with Gasteiger partial charge in [-0.25, -0.2) is 8.42 Å². The molecule has 0 bridgehead atoms. The van der Waals surface area contributed by atoms with Crippen LogP contribution in [-0.2, 0) is 10.0 Å². The monoisotopic (exact) mass is 330 g/mol. The van der Waals surface area contributed by atoms with Crippen molar-refractivity contribution < 1.29 is 22.6 Å². The van der Waals surface area contributed by atoms with Gasteiger partial charge in [-0.2, -0.15) is 4.31 Å². The molecule has 124 valence electrons. The molecule has 1 saturated heterocycles. The van der Waals surface area contributed by atoms with Gasteiger partial charge in [0.25, 0.3) is 10.0 Å². The number of hydrogen-bond donors (Lipinski definition) is 1. The number of piperidine rings is 1. The normalized spacial score (nSPS) is 19.7. The summed E-state index contributed by atoms with van der Waals surface area (Å²) in [4.78, 5) is 0.00685. The van der Waals surface area contributed by atoms with Crippen molar-refractivity contribution in [3.8, 4) is 17.2 Å². The summed E-state index contributed by atoms with van der Waals surface area (Å²) < 4.78 is 42.9. The molecule has 8 heteroatoms. The van der Waals surface area contributed by atoms with Gasteiger partial charge in [-0.1, -0.05) is 0 Å². The van der Waals surface area contributed by atoms with Gasteiger partial charge in [-0.3, -0.25) is 0 Å². The first-order valence-corrected chi connectivity index (χ1v) is 8.43.